The third kappa shape index (κ3) is 2.32. The van der Waals surface area contributed by atoms with Gasteiger partial charge in [0.2, 0.25) is 0 Å². The topological polar surface area (TPSA) is 21.3 Å². The van der Waals surface area contributed by atoms with Gasteiger partial charge >= 0.3 is 0 Å². The number of hydrogen-bond acceptors (Lipinski definition) is 2. The molecule has 1 aliphatic heterocycles. The van der Waals surface area contributed by atoms with Crippen LogP contribution in [0.1, 0.15) is 31.2 Å². The van der Waals surface area contributed by atoms with Gasteiger partial charge in [0, 0.05) is 17.5 Å². The lowest BCUT2D eigenvalue weighted by molar-refractivity contribution is 0.319. The number of para-hydroxylation sites is 1. The van der Waals surface area contributed by atoms with Gasteiger partial charge in [-0.3, -0.25) is 0 Å². The van der Waals surface area contributed by atoms with Crippen LogP contribution in [0.3, 0.4) is 0 Å². The Labute approximate surface area is 91.6 Å². The van der Waals surface area contributed by atoms with Crippen LogP contribution in [0.15, 0.2) is 24.3 Å². The van der Waals surface area contributed by atoms with Crippen LogP contribution >= 0.6 is 0 Å². The first-order chi connectivity index (χ1) is 7.31. The Kier molecular flexibility index (Phi) is 3.27. The Morgan fingerprint density at radius 3 is 3.07 bits per heavy atom. The van der Waals surface area contributed by atoms with E-state index in [1.54, 1.807) is 0 Å². The van der Waals surface area contributed by atoms with E-state index in [1.165, 1.54) is 18.4 Å². The van der Waals surface area contributed by atoms with Crippen LogP contribution in [0.4, 0.5) is 0 Å². The van der Waals surface area contributed by atoms with Gasteiger partial charge in [-0.25, -0.2) is 0 Å². The highest BCUT2D eigenvalue weighted by Crippen LogP contribution is 2.36. The largest absolute Gasteiger partial charge is 0.493 e. The van der Waals surface area contributed by atoms with Gasteiger partial charge in [0.15, 0.2) is 0 Å². The van der Waals surface area contributed by atoms with Gasteiger partial charge in [-0.1, -0.05) is 18.2 Å². The van der Waals surface area contributed by atoms with Crippen LogP contribution in [0.5, 0.6) is 5.75 Å². The minimum atomic E-state index is 0.594. The number of fused-ring (bicyclic) bond motifs is 1. The third-order valence-electron chi connectivity index (χ3n) is 3.24. The minimum Gasteiger partial charge on any atom is -0.493 e. The Bertz CT molecular complexity index is 324. The molecule has 0 aliphatic carbocycles. The molecule has 15 heavy (non-hydrogen) atoms. The normalized spacial score (nSPS) is 20.8. The lowest BCUT2D eigenvalue weighted by Gasteiger charge is -2.13. The maximum Gasteiger partial charge on any atom is 0.122 e. The summed E-state index contributed by atoms with van der Waals surface area (Å²) in [5.74, 6) is 1.68. The summed E-state index contributed by atoms with van der Waals surface area (Å²) in [4.78, 5) is 0. The molecule has 0 aromatic heterocycles. The molecule has 1 aromatic carbocycles. The van der Waals surface area contributed by atoms with Crippen molar-refractivity contribution in [2.45, 2.75) is 31.7 Å². The molecule has 2 atom stereocenters. The molecule has 2 nitrogen and oxygen atoms in total. The van der Waals surface area contributed by atoms with E-state index < -0.39 is 0 Å². The summed E-state index contributed by atoms with van der Waals surface area (Å²) in [6.45, 7) is 3.08. The second-order valence-electron chi connectivity index (χ2n) is 4.31. The monoisotopic (exact) mass is 205 g/mol. The molecule has 0 saturated carbocycles. The molecule has 0 fully saturated rings. The quantitative estimate of drug-likeness (QED) is 0.815. The van der Waals surface area contributed by atoms with Gasteiger partial charge in [-0.2, -0.15) is 0 Å². The van der Waals surface area contributed by atoms with E-state index in [4.69, 9.17) is 4.74 Å². The maximum atomic E-state index is 5.66. The average molecular weight is 205 g/mol. The van der Waals surface area contributed by atoms with Gasteiger partial charge < -0.3 is 10.1 Å². The van der Waals surface area contributed by atoms with E-state index in [2.05, 4.69) is 30.4 Å². The second-order valence-corrected chi connectivity index (χ2v) is 4.31. The number of hydrogen-bond donors (Lipinski definition) is 1. The summed E-state index contributed by atoms with van der Waals surface area (Å²) in [5, 5.41) is 3.27. The first kappa shape index (κ1) is 10.5. The number of ether oxygens (including phenoxy) is 1. The van der Waals surface area contributed by atoms with Crippen molar-refractivity contribution in [2.24, 2.45) is 0 Å². The molecule has 0 radical (unpaired) electrons. The molecule has 82 valence electrons. The van der Waals surface area contributed by atoms with Crippen molar-refractivity contribution in [1.29, 1.82) is 0 Å². The fourth-order valence-corrected chi connectivity index (χ4v) is 2.06. The molecular weight excluding hydrogens is 186 g/mol. The highest BCUT2D eigenvalue weighted by molar-refractivity contribution is 5.39. The van der Waals surface area contributed by atoms with E-state index in [1.807, 2.05) is 13.1 Å². The first-order valence-corrected chi connectivity index (χ1v) is 5.70. The van der Waals surface area contributed by atoms with Crippen molar-refractivity contribution in [3.63, 3.8) is 0 Å². The Hall–Kier alpha value is -1.02. The van der Waals surface area contributed by atoms with Crippen LogP contribution in [-0.4, -0.2) is 19.7 Å². The summed E-state index contributed by atoms with van der Waals surface area (Å²) in [6, 6.07) is 8.99. The van der Waals surface area contributed by atoms with Gasteiger partial charge in [0.05, 0.1) is 6.61 Å². The lowest BCUT2D eigenvalue weighted by atomic mass is 9.95. The van der Waals surface area contributed by atoms with E-state index >= 15 is 0 Å². The van der Waals surface area contributed by atoms with Crippen molar-refractivity contribution < 1.29 is 4.74 Å². The predicted octanol–water partition coefficient (Wildman–Crippen LogP) is 2.55. The fraction of sp³-hybridized carbons (Fsp3) is 0.538. The molecule has 1 aromatic rings. The summed E-state index contributed by atoms with van der Waals surface area (Å²) in [7, 11) is 2.02. The van der Waals surface area contributed by atoms with Crippen LogP contribution in [0.2, 0.25) is 0 Å². The molecule has 0 bridgehead atoms. The van der Waals surface area contributed by atoms with Gasteiger partial charge in [0.25, 0.3) is 0 Å². The number of benzene rings is 1. The molecule has 0 amide bonds. The number of rotatable bonds is 4. The zero-order chi connectivity index (χ0) is 10.7. The van der Waals surface area contributed by atoms with E-state index in [0.29, 0.717) is 12.0 Å². The van der Waals surface area contributed by atoms with Crippen molar-refractivity contribution >= 4 is 0 Å². The molecule has 0 saturated heterocycles. The number of nitrogens with one attached hydrogen (secondary N) is 1. The minimum absolute atomic E-state index is 0.594. The highest BCUT2D eigenvalue weighted by Gasteiger charge is 2.23. The Balaban J connectivity index is 1.96. The maximum absolute atomic E-state index is 5.66. The van der Waals surface area contributed by atoms with E-state index in [-0.39, 0.29) is 0 Å². The standard InChI is InChI=1S/C13H19NO/c1-10(14-2)7-8-11-9-15-13-6-4-3-5-12(11)13/h3-6,10-11,14H,7-9H2,1-2H3. The van der Waals surface area contributed by atoms with Crippen molar-refractivity contribution in [2.75, 3.05) is 13.7 Å². The van der Waals surface area contributed by atoms with Gasteiger partial charge in [-0.05, 0) is 32.9 Å². The van der Waals surface area contributed by atoms with Crippen LogP contribution < -0.4 is 10.1 Å². The van der Waals surface area contributed by atoms with Crippen LogP contribution in [-0.2, 0) is 0 Å². The van der Waals surface area contributed by atoms with Crippen LogP contribution in [0.25, 0.3) is 0 Å². The van der Waals surface area contributed by atoms with E-state index in [0.717, 1.165) is 12.4 Å². The summed E-state index contributed by atoms with van der Waals surface area (Å²) < 4.78 is 5.66. The molecule has 0 spiro atoms. The summed E-state index contributed by atoms with van der Waals surface area (Å²) >= 11 is 0. The molecule has 1 heterocycles. The highest BCUT2D eigenvalue weighted by atomic mass is 16.5. The predicted molar refractivity (Wildman–Crippen MR) is 62.4 cm³/mol. The SMILES string of the molecule is CNC(C)CCC1COc2ccccc21. The smallest absolute Gasteiger partial charge is 0.122 e. The van der Waals surface area contributed by atoms with Gasteiger partial charge in [0.1, 0.15) is 5.75 Å². The lowest BCUT2D eigenvalue weighted by Crippen LogP contribution is -2.21. The van der Waals surface area contributed by atoms with Crippen molar-refractivity contribution in [1.82, 2.24) is 5.32 Å². The second kappa shape index (κ2) is 4.67. The summed E-state index contributed by atoms with van der Waals surface area (Å²) in [6.07, 6.45) is 2.41. The van der Waals surface area contributed by atoms with Crippen molar-refractivity contribution in [3.8, 4) is 5.75 Å². The van der Waals surface area contributed by atoms with Crippen molar-refractivity contribution in [3.05, 3.63) is 29.8 Å². The fourth-order valence-electron chi connectivity index (χ4n) is 2.06. The van der Waals surface area contributed by atoms with E-state index in [9.17, 15) is 0 Å². The summed E-state index contributed by atoms with van der Waals surface area (Å²) in [5.41, 5.74) is 1.39. The molecule has 2 unspecified atom stereocenters. The molecule has 1 N–H and O–H groups in total. The van der Waals surface area contributed by atoms with Gasteiger partial charge in [-0.15, -0.1) is 0 Å². The zero-order valence-corrected chi connectivity index (χ0v) is 9.49. The average Bonchev–Trinajstić information content (AvgIpc) is 2.69. The van der Waals surface area contributed by atoms with Crippen LogP contribution in [0, 0.1) is 0 Å². The molecule has 2 heteroatoms. The molecule has 2 rings (SSSR count). The zero-order valence-electron chi connectivity index (χ0n) is 9.49. The molecule has 1 aliphatic rings. The third-order valence-corrected chi connectivity index (χ3v) is 3.24. The first-order valence-electron chi connectivity index (χ1n) is 5.70. The Morgan fingerprint density at radius 2 is 2.27 bits per heavy atom. The Morgan fingerprint density at radius 1 is 1.47 bits per heavy atom. The molecular formula is C13H19NO.